The molecule has 1 heterocycles. The van der Waals surface area contributed by atoms with Gasteiger partial charge in [0.25, 0.3) is 0 Å². The molecule has 3 N–H and O–H groups in total. The third kappa shape index (κ3) is 4.15. The first kappa shape index (κ1) is 15.7. The number of anilines is 2. The number of carbonyl (C=O) groups is 1. The summed E-state index contributed by atoms with van der Waals surface area (Å²) in [5.74, 6) is -0.246. The number of nitrogens with two attached hydrogens (primary N) is 1. The van der Waals surface area contributed by atoms with Gasteiger partial charge in [0.15, 0.2) is 0 Å². The Hall–Kier alpha value is -1.66. The van der Waals surface area contributed by atoms with Crippen molar-refractivity contribution in [1.82, 2.24) is 4.90 Å². The zero-order valence-corrected chi connectivity index (χ0v) is 12.4. The van der Waals surface area contributed by atoms with E-state index in [-0.39, 0.29) is 24.2 Å². The van der Waals surface area contributed by atoms with E-state index in [1.165, 1.54) is 18.2 Å². The molecule has 1 aliphatic heterocycles. The standard InChI is InChI=1S/C15H22FN3O2/c1-10-5-6-19(8-14(10)21-2)9-15(20)18-13-7-11(17)3-4-12(13)16/h3-4,7,10,14H,5-6,8-9,17H2,1-2H3,(H,18,20). The lowest BCUT2D eigenvalue weighted by Gasteiger charge is -2.35. The first-order valence-corrected chi connectivity index (χ1v) is 7.09. The number of hydrogen-bond donors (Lipinski definition) is 2. The Morgan fingerprint density at radius 3 is 3.05 bits per heavy atom. The maximum Gasteiger partial charge on any atom is 0.238 e. The fourth-order valence-electron chi connectivity index (χ4n) is 2.58. The van der Waals surface area contributed by atoms with E-state index in [0.717, 1.165) is 13.0 Å². The van der Waals surface area contributed by atoms with Gasteiger partial charge < -0.3 is 15.8 Å². The maximum atomic E-state index is 13.6. The van der Waals surface area contributed by atoms with Crippen LogP contribution in [-0.2, 0) is 9.53 Å². The Balaban J connectivity index is 1.91. The molecule has 0 spiro atoms. The topological polar surface area (TPSA) is 67.6 Å². The second kappa shape index (κ2) is 6.87. The highest BCUT2D eigenvalue weighted by Gasteiger charge is 2.27. The summed E-state index contributed by atoms with van der Waals surface area (Å²) >= 11 is 0. The second-order valence-corrected chi connectivity index (χ2v) is 5.56. The summed E-state index contributed by atoms with van der Waals surface area (Å²) in [6, 6.07) is 4.12. The molecule has 0 aliphatic carbocycles. The quantitative estimate of drug-likeness (QED) is 0.830. The van der Waals surface area contributed by atoms with Gasteiger partial charge in [-0.2, -0.15) is 0 Å². The molecule has 21 heavy (non-hydrogen) atoms. The largest absolute Gasteiger partial charge is 0.399 e. The molecule has 6 heteroatoms. The van der Waals surface area contributed by atoms with Crippen molar-refractivity contribution in [2.24, 2.45) is 5.92 Å². The van der Waals surface area contributed by atoms with Crippen LogP contribution < -0.4 is 11.1 Å². The fraction of sp³-hybridized carbons (Fsp3) is 0.533. The van der Waals surface area contributed by atoms with E-state index in [0.29, 0.717) is 18.2 Å². The van der Waals surface area contributed by atoms with Crippen LogP contribution in [0.2, 0.25) is 0 Å². The van der Waals surface area contributed by atoms with Gasteiger partial charge in [-0.1, -0.05) is 6.92 Å². The number of rotatable bonds is 4. The van der Waals surface area contributed by atoms with Crippen LogP contribution in [-0.4, -0.2) is 43.7 Å². The molecule has 2 atom stereocenters. The van der Waals surface area contributed by atoms with Crippen molar-refractivity contribution in [3.63, 3.8) is 0 Å². The van der Waals surface area contributed by atoms with Crippen molar-refractivity contribution < 1.29 is 13.9 Å². The van der Waals surface area contributed by atoms with Crippen molar-refractivity contribution in [2.75, 3.05) is 37.8 Å². The van der Waals surface area contributed by atoms with E-state index in [1.807, 2.05) is 4.90 Å². The number of nitrogens with zero attached hydrogens (tertiary/aromatic N) is 1. The first-order chi connectivity index (χ1) is 9.99. The van der Waals surface area contributed by atoms with Gasteiger partial charge in [0.1, 0.15) is 5.82 Å². The van der Waals surface area contributed by atoms with Gasteiger partial charge in [0.05, 0.1) is 18.3 Å². The summed E-state index contributed by atoms with van der Waals surface area (Å²) in [5, 5.41) is 2.57. The number of nitrogen functional groups attached to an aromatic ring is 1. The summed E-state index contributed by atoms with van der Waals surface area (Å²) in [6.45, 7) is 3.92. The summed E-state index contributed by atoms with van der Waals surface area (Å²) in [4.78, 5) is 14.0. The highest BCUT2D eigenvalue weighted by atomic mass is 19.1. The lowest BCUT2D eigenvalue weighted by Crippen LogP contribution is -2.46. The van der Waals surface area contributed by atoms with E-state index >= 15 is 0 Å². The molecule has 1 aromatic carbocycles. The molecule has 5 nitrogen and oxygen atoms in total. The van der Waals surface area contributed by atoms with Crippen LogP contribution in [0.25, 0.3) is 0 Å². The van der Waals surface area contributed by atoms with E-state index < -0.39 is 5.82 Å². The number of methoxy groups -OCH3 is 1. The van der Waals surface area contributed by atoms with Crippen LogP contribution >= 0.6 is 0 Å². The minimum absolute atomic E-state index is 0.119. The van der Waals surface area contributed by atoms with Crippen LogP contribution in [0.3, 0.4) is 0 Å². The maximum absolute atomic E-state index is 13.6. The fourth-order valence-corrected chi connectivity index (χ4v) is 2.58. The minimum atomic E-state index is -0.486. The van der Waals surface area contributed by atoms with Gasteiger partial charge in [-0.25, -0.2) is 4.39 Å². The SMILES string of the molecule is COC1CN(CC(=O)Nc2cc(N)ccc2F)CCC1C. The number of benzene rings is 1. The highest BCUT2D eigenvalue weighted by Crippen LogP contribution is 2.20. The first-order valence-electron chi connectivity index (χ1n) is 7.09. The molecule has 0 bridgehead atoms. The number of likely N-dealkylation sites (tertiary alicyclic amines) is 1. The Morgan fingerprint density at radius 1 is 1.57 bits per heavy atom. The molecule has 0 radical (unpaired) electrons. The molecule has 1 saturated heterocycles. The molecule has 2 rings (SSSR count). The van der Waals surface area contributed by atoms with Crippen LogP contribution in [0.4, 0.5) is 15.8 Å². The summed E-state index contributed by atoms with van der Waals surface area (Å²) in [7, 11) is 1.69. The Bertz CT molecular complexity index is 510. The lowest BCUT2D eigenvalue weighted by molar-refractivity contribution is -0.118. The number of ether oxygens (including phenoxy) is 1. The predicted molar refractivity (Wildman–Crippen MR) is 80.5 cm³/mol. The third-order valence-corrected chi connectivity index (χ3v) is 3.91. The molecule has 0 saturated carbocycles. The Morgan fingerprint density at radius 2 is 2.33 bits per heavy atom. The minimum Gasteiger partial charge on any atom is -0.399 e. The molecule has 0 aromatic heterocycles. The smallest absolute Gasteiger partial charge is 0.238 e. The zero-order valence-electron chi connectivity index (χ0n) is 12.4. The van der Waals surface area contributed by atoms with Crippen LogP contribution in [0.1, 0.15) is 13.3 Å². The van der Waals surface area contributed by atoms with Crippen molar-refractivity contribution in [3.8, 4) is 0 Å². The molecule has 1 fully saturated rings. The number of carbonyl (C=O) groups excluding carboxylic acids is 1. The van der Waals surface area contributed by atoms with Crippen molar-refractivity contribution in [3.05, 3.63) is 24.0 Å². The van der Waals surface area contributed by atoms with Crippen molar-refractivity contribution in [2.45, 2.75) is 19.4 Å². The summed E-state index contributed by atoms with van der Waals surface area (Å²) in [5.41, 5.74) is 6.13. The lowest BCUT2D eigenvalue weighted by atomic mass is 9.96. The van der Waals surface area contributed by atoms with Crippen molar-refractivity contribution >= 4 is 17.3 Å². The molecule has 116 valence electrons. The van der Waals surface area contributed by atoms with Gasteiger partial charge in [-0.3, -0.25) is 9.69 Å². The molecular formula is C15H22FN3O2. The monoisotopic (exact) mass is 295 g/mol. The molecule has 1 aromatic rings. The van der Waals surface area contributed by atoms with Gasteiger partial charge in [0, 0.05) is 19.3 Å². The van der Waals surface area contributed by atoms with E-state index in [2.05, 4.69) is 12.2 Å². The average molecular weight is 295 g/mol. The van der Waals surface area contributed by atoms with E-state index in [9.17, 15) is 9.18 Å². The van der Waals surface area contributed by atoms with E-state index in [4.69, 9.17) is 10.5 Å². The number of amides is 1. The number of nitrogens with one attached hydrogen (secondary N) is 1. The summed E-state index contributed by atoms with van der Waals surface area (Å²) < 4.78 is 19.0. The second-order valence-electron chi connectivity index (χ2n) is 5.56. The molecule has 1 aliphatic rings. The van der Waals surface area contributed by atoms with Gasteiger partial charge in [-0.05, 0) is 37.1 Å². The molecular weight excluding hydrogens is 273 g/mol. The highest BCUT2D eigenvalue weighted by molar-refractivity contribution is 5.92. The number of halogens is 1. The molecule has 2 unspecified atom stereocenters. The number of piperidine rings is 1. The van der Waals surface area contributed by atoms with E-state index in [1.54, 1.807) is 7.11 Å². The Labute approximate surface area is 124 Å². The zero-order chi connectivity index (χ0) is 15.4. The molecule has 1 amide bonds. The van der Waals surface area contributed by atoms with Crippen LogP contribution in [0, 0.1) is 11.7 Å². The van der Waals surface area contributed by atoms with Crippen LogP contribution in [0.5, 0.6) is 0 Å². The third-order valence-electron chi connectivity index (χ3n) is 3.91. The van der Waals surface area contributed by atoms with Crippen molar-refractivity contribution in [1.29, 1.82) is 0 Å². The predicted octanol–water partition coefficient (Wildman–Crippen LogP) is 1.70. The summed E-state index contributed by atoms with van der Waals surface area (Å²) in [6.07, 6.45) is 1.12. The van der Waals surface area contributed by atoms with Gasteiger partial charge in [-0.15, -0.1) is 0 Å². The van der Waals surface area contributed by atoms with Crippen LogP contribution in [0.15, 0.2) is 18.2 Å². The Kier molecular flexibility index (Phi) is 5.14. The normalized spacial score (nSPS) is 23.0. The number of hydrogen-bond acceptors (Lipinski definition) is 4. The van der Waals surface area contributed by atoms with Gasteiger partial charge >= 0.3 is 0 Å². The van der Waals surface area contributed by atoms with Gasteiger partial charge in [0.2, 0.25) is 5.91 Å². The average Bonchev–Trinajstić information content (AvgIpc) is 2.45.